The van der Waals surface area contributed by atoms with Crippen LogP contribution in [0, 0.1) is 11.3 Å². The summed E-state index contributed by atoms with van der Waals surface area (Å²) >= 11 is 0. The molecule has 0 aromatic heterocycles. The number of ether oxygens (including phenoxy) is 1. The number of hydrogen-bond acceptors (Lipinski definition) is 6. The molecule has 0 N–H and O–H groups in total. The lowest BCUT2D eigenvalue weighted by Crippen LogP contribution is -2.60. The highest BCUT2D eigenvalue weighted by atomic mass is 35.5. The molecule has 6 rings (SSSR count). The van der Waals surface area contributed by atoms with Gasteiger partial charge in [-0.25, -0.2) is 8.42 Å². The molecular weight excluding hydrogens is 538 g/mol. The zero-order chi connectivity index (χ0) is 26.7. The first kappa shape index (κ1) is 28.8. The lowest BCUT2D eigenvalue weighted by atomic mass is 9.76. The number of carbonyl (C=O) groups is 2. The molecule has 10 heteroatoms. The summed E-state index contributed by atoms with van der Waals surface area (Å²) in [5.41, 5.74) is 1.86. The number of benzene rings is 1. The summed E-state index contributed by atoms with van der Waals surface area (Å²) < 4.78 is 36.3. The SMILES string of the molecule is CCCN1C(=O)CC2(CCCC2S(=O)(=O)N2CCC[C@@H]3CN4CCc5cc(OC)ccc5[C@@H]4C[C@@H]32)CC1=O.Cl. The number of sulfonamides is 1. The van der Waals surface area contributed by atoms with Gasteiger partial charge < -0.3 is 4.74 Å². The zero-order valence-corrected chi connectivity index (χ0v) is 24.8. The zero-order valence-electron chi connectivity index (χ0n) is 23.1. The molecular formula is C29H42ClN3O5S. The summed E-state index contributed by atoms with van der Waals surface area (Å²) in [4.78, 5) is 30.0. The number of hydrogen-bond donors (Lipinski definition) is 0. The van der Waals surface area contributed by atoms with Crippen molar-refractivity contribution in [2.45, 2.75) is 88.5 Å². The molecule has 1 aromatic carbocycles. The maximum Gasteiger partial charge on any atom is 0.229 e. The Balaban J connectivity index is 0.00000308. The molecule has 2 amide bonds. The molecule has 0 bridgehead atoms. The Morgan fingerprint density at radius 3 is 2.56 bits per heavy atom. The van der Waals surface area contributed by atoms with Crippen molar-refractivity contribution in [2.24, 2.45) is 11.3 Å². The molecule has 1 aliphatic carbocycles. The van der Waals surface area contributed by atoms with Crippen LogP contribution in [-0.4, -0.2) is 78.9 Å². The van der Waals surface area contributed by atoms with E-state index in [0.717, 1.165) is 57.4 Å². The number of amides is 2. The van der Waals surface area contributed by atoms with E-state index < -0.39 is 20.7 Å². The van der Waals surface area contributed by atoms with Gasteiger partial charge in [0.2, 0.25) is 21.8 Å². The Labute approximate surface area is 238 Å². The van der Waals surface area contributed by atoms with Gasteiger partial charge in [-0.1, -0.05) is 19.4 Å². The van der Waals surface area contributed by atoms with Gasteiger partial charge in [0, 0.05) is 56.5 Å². The van der Waals surface area contributed by atoms with E-state index in [9.17, 15) is 18.0 Å². The van der Waals surface area contributed by atoms with Gasteiger partial charge in [0.25, 0.3) is 0 Å². The molecule has 4 aliphatic heterocycles. The molecule has 0 radical (unpaired) electrons. The van der Waals surface area contributed by atoms with Crippen molar-refractivity contribution in [3.8, 4) is 5.75 Å². The van der Waals surface area contributed by atoms with Gasteiger partial charge >= 0.3 is 0 Å². The number of rotatable bonds is 5. The number of likely N-dealkylation sites (tertiary alicyclic amines) is 1. The van der Waals surface area contributed by atoms with Gasteiger partial charge in [-0.2, -0.15) is 4.31 Å². The number of halogens is 1. The first-order chi connectivity index (χ1) is 18.3. The van der Waals surface area contributed by atoms with Crippen molar-refractivity contribution in [1.29, 1.82) is 0 Å². The van der Waals surface area contributed by atoms with Gasteiger partial charge in [0.05, 0.1) is 12.4 Å². The Hall–Kier alpha value is -1.68. The van der Waals surface area contributed by atoms with E-state index in [1.165, 1.54) is 16.0 Å². The first-order valence-corrected chi connectivity index (χ1v) is 16.0. The van der Waals surface area contributed by atoms with Gasteiger partial charge in [0.1, 0.15) is 5.75 Å². The van der Waals surface area contributed by atoms with Gasteiger partial charge in [0.15, 0.2) is 0 Å². The van der Waals surface area contributed by atoms with Gasteiger partial charge in [-0.05, 0) is 74.1 Å². The number of fused-ring (bicyclic) bond motifs is 4. The maximum absolute atomic E-state index is 14.5. The summed E-state index contributed by atoms with van der Waals surface area (Å²) in [5.74, 6) is 0.809. The number of nitrogens with zero attached hydrogens (tertiary/aromatic N) is 3. The molecule has 4 heterocycles. The van der Waals surface area contributed by atoms with Crippen LogP contribution in [0.5, 0.6) is 5.75 Å². The van der Waals surface area contributed by atoms with Gasteiger partial charge in [-0.3, -0.25) is 19.4 Å². The van der Waals surface area contributed by atoms with Crippen molar-refractivity contribution in [1.82, 2.24) is 14.1 Å². The summed E-state index contributed by atoms with van der Waals surface area (Å²) in [5, 5.41) is -0.647. The summed E-state index contributed by atoms with van der Waals surface area (Å²) in [6.45, 7) is 4.83. The predicted octanol–water partition coefficient (Wildman–Crippen LogP) is 3.93. The highest BCUT2D eigenvalue weighted by Gasteiger charge is 2.58. The molecule has 4 fully saturated rings. The fourth-order valence-electron chi connectivity index (χ4n) is 8.44. The second-order valence-electron chi connectivity index (χ2n) is 12.2. The molecule has 1 unspecified atom stereocenters. The predicted molar refractivity (Wildman–Crippen MR) is 151 cm³/mol. The van der Waals surface area contributed by atoms with Crippen molar-refractivity contribution in [3.63, 3.8) is 0 Å². The first-order valence-electron chi connectivity index (χ1n) is 14.5. The maximum atomic E-state index is 14.5. The van der Waals surface area contributed by atoms with Crippen molar-refractivity contribution >= 4 is 34.2 Å². The van der Waals surface area contributed by atoms with E-state index in [0.29, 0.717) is 31.8 Å². The molecule has 216 valence electrons. The van der Waals surface area contributed by atoms with Gasteiger partial charge in [-0.15, -0.1) is 12.4 Å². The van der Waals surface area contributed by atoms with Crippen LogP contribution < -0.4 is 4.74 Å². The van der Waals surface area contributed by atoms with Crippen LogP contribution in [0.3, 0.4) is 0 Å². The molecule has 39 heavy (non-hydrogen) atoms. The van der Waals surface area contributed by atoms with E-state index in [-0.39, 0.29) is 49.1 Å². The third-order valence-corrected chi connectivity index (χ3v) is 12.7. The number of piperidine rings is 3. The topological polar surface area (TPSA) is 87.2 Å². The van der Waals surface area contributed by atoms with Crippen LogP contribution in [0.4, 0.5) is 0 Å². The van der Waals surface area contributed by atoms with E-state index in [2.05, 4.69) is 17.0 Å². The fraction of sp³-hybridized carbons (Fsp3) is 0.724. The minimum atomic E-state index is -3.67. The average Bonchev–Trinajstić information content (AvgIpc) is 3.31. The molecule has 1 aromatic rings. The third kappa shape index (κ3) is 4.81. The Morgan fingerprint density at radius 1 is 1.08 bits per heavy atom. The molecule has 3 saturated heterocycles. The van der Waals surface area contributed by atoms with Crippen LogP contribution in [0.25, 0.3) is 0 Å². The molecule has 8 nitrogen and oxygen atoms in total. The Bertz CT molecular complexity index is 1210. The summed E-state index contributed by atoms with van der Waals surface area (Å²) in [7, 11) is -1.98. The Morgan fingerprint density at radius 2 is 1.85 bits per heavy atom. The monoisotopic (exact) mass is 579 g/mol. The highest BCUT2D eigenvalue weighted by Crippen LogP contribution is 2.52. The van der Waals surface area contributed by atoms with Crippen LogP contribution in [0.2, 0.25) is 0 Å². The van der Waals surface area contributed by atoms with E-state index in [1.807, 2.05) is 17.3 Å². The normalized spacial score (nSPS) is 30.9. The summed E-state index contributed by atoms with van der Waals surface area (Å²) in [6.07, 6.45) is 6.72. The van der Waals surface area contributed by atoms with Crippen LogP contribution in [-0.2, 0) is 26.0 Å². The van der Waals surface area contributed by atoms with E-state index >= 15 is 0 Å². The van der Waals surface area contributed by atoms with Crippen LogP contribution >= 0.6 is 12.4 Å². The average molecular weight is 580 g/mol. The second-order valence-corrected chi connectivity index (χ2v) is 14.3. The number of imide groups is 1. The molecule has 1 saturated carbocycles. The largest absolute Gasteiger partial charge is 0.497 e. The highest BCUT2D eigenvalue weighted by molar-refractivity contribution is 7.89. The van der Waals surface area contributed by atoms with E-state index in [1.54, 1.807) is 7.11 Å². The van der Waals surface area contributed by atoms with Crippen molar-refractivity contribution < 1.29 is 22.7 Å². The molecule has 4 atom stereocenters. The second kappa shape index (κ2) is 11.0. The lowest BCUT2D eigenvalue weighted by molar-refractivity contribution is -0.153. The quantitative estimate of drug-likeness (QED) is 0.491. The lowest BCUT2D eigenvalue weighted by Gasteiger charge is -2.53. The molecule has 1 spiro atoms. The van der Waals surface area contributed by atoms with Crippen LogP contribution in [0.1, 0.15) is 81.9 Å². The smallest absolute Gasteiger partial charge is 0.229 e. The third-order valence-electron chi connectivity index (χ3n) is 10.2. The standard InChI is InChI=1S/C29H41N3O5S.ClH/c1-3-12-31-27(33)17-29(18-28(31)34)11-4-7-26(29)38(35,36)32-13-5-6-21-19-30-14-10-20-15-22(37-2)8-9-23(20)25(30)16-24(21)32;/h8-9,15,21,24-26H,3-7,10-14,16-19H2,1-2H3;1H/t21-,24+,25+,26?;/m1./s1. The van der Waals surface area contributed by atoms with Crippen LogP contribution in [0.15, 0.2) is 18.2 Å². The van der Waals surface area contributed by atoms with Crippen molar-refractivity contribution in [2.75, 3.05) is 33.3 Å². The number of carbonyl (C=O) groups excluding carboxylic acids is 2. The van der Waals surface area contributed by atoms with E-state index in [4.69, 9.17) is 4.74 Å². The minimum absolute atomic E-state index is 0. The fourth-order valence-corrected chi connectivity index (χ4v) is 11.2. The molecule has 5 aliphatic rings. The Kier molecular flexibility index (Phi) is 8.10. The van der Waals surface area contributed by atoms with Crippen molar-refractivity contribution in [3.05, 3.63) is 29.3 Å². The number of methoxy groups -OCH3 is 1. The summed E-state index contributed by atoms with van der Waals surface area (Å²) in [6, 6.07) is 6.49. The minimum Gasteiger partial charge on any atom is -0.497 e.